The highest BCUT2D eigenvalue weighted by molar-refractivity contribution is 7.90. The van der Waals surface area contributed by atoms with Crippen molar-refractivity contribution < 1.29 is 12.8 Å². The molecule has 2 heterocycles. The Labute approximate surface area is 166 Å². The Bertz CT molecular complexity index is 1460. The van der Waals surface area contributed by atoms with Crippen molar-refractivity contribution in [2.75, 3.05) is 11.6 Å². The molecule has 0 aliphatic carbocycles. The van der Waals surface area contributed by atoms with Crippen LogP contribution in [0.3, 0.4) is 0 Å². The predicted octanol–water partition coefficient (Wildman–Crippen LogP) is 3.98. The van der Waals surface area contributed by atoms with Gasteiger partial charge in [0.1, 0.15) is 11.6 Å². The van der Waals surface area contributed by atoms with Crippen molar-refractivity contribution >= 4 is 43.0 Å². The number of rotatable bonds is 3. The van der Waals surface area contributed by atoms with Gasteiger partial charge in [-0.2, -0.15) is 0 Å². The second-order valence-corrected chi connectivity index (χ2v) is 9.03. The van der Waals surface area contributed by atoms with Gasteiger partial charge in [-0.3, -0.25) is 4.79 Å². The number of hydrogen-bond acceptors (Lipinski definition) is 5. The van der Waals surface area contributed by atoms with Gasteiger partial charge >= 0.3 is 0 Å². The normalized spacial score (nSPS) is 11.9. The minimum absolute atomic E-state index is 0.218. The first-order valence-corrected chi connectivity index (χ1v) is 10.7. The lowest BCUT2D eigenvalue weighted by Crippen LogP contribution is -2.08. The molecule has 8 heteroatoms. The first-order chi connectivity index (χ1) is 13.6. The summed E-state index contributed by atoms with van der Waals surface area (Å²) in [4.78, 5) is 19.9. The summed E-state index contributed by atoms with van der Waals surface area (Å²) in [5.41, 5.74) is 2.13. The molecule has 2 aromatic carbocycles. The molecule has 0 fully saturated rings. The van der Waals surface area contributed by atoms with Crippen LogP contribution in [0.1, 0.15) is 11.1 Å². The van der Waals surface area contributed by atoms with E-state index in [-0.39, 0.29) is 10.5 Å². The standard InChI is InChI=1S/C21H18FN3O3S/c1-11-8-12(2)18(29(3,27)28)10-17(11)25-20-14-6-7-23-21(26)19(14)15-9-13(22)4-5-16(15)24-20/h4-10H,1-3H3,(H,23,26)(H,24,25). The van der Waals surface area contributed by atoms with Gasteiger partial charge in [0, 0.05) is 28.9 Å². The van der Waals surface area contributed by atoms with E-state index in [4.69, 9.17) is 0 Å². The van der Waals surface area contributed by atoms with Crippen LogP contribution in [-0.2, 0) is 9.84 Å². The number of aromatic amines is 1. The van der Waals surface area contributed by atoms with Gasteiger partial charge in [0.15, 0.2) is 9.84 Å². The van der Waals surface area contributed by atoms with Crippen LogP contribution < -0.4 is 10.9 Å². The van der Waals surface area contributed by atoms with Gasteiger partial charge in [-0.15, -0.1) is 0 Å². The number of benzene rings is 2. The largest absolute Gasteiger partial charge is 0.339 e. The fraction of sp³-hybridized carbons (Fsp3) is 0.143. The summed E-state index contributed by atoms with van der Waals surface area (Å²) in [6, 6.07) is 9.09. The van der Waals surface area contributed by atoms with E-state index < -0.39 is 15.7 Å². The Hall–Kier alpha value is -3.26. The summed E-state index contributed by atoms with van der Waals surface area (Å²) in [6.45, 7) is 3.59. The maximum absolute atomic E-state index is 13.8. The van der Waals surface area contributed by atoms with E-state index in [9.17, 15) is 17.6 Å². The maximum atomic E-state index is 13.8. The third-order valence-corrected chi connectivity index (χ3v) is 6.09. The monoisotopic (exact) mass is 411 g/mol. The fourth-order valence-corrected chi connectivity index (χ4v) is 4.50. The molecule has 29 heavy (non-hydrogen) atoms. The number of halogens is 1. The third-order valence-electron chi connectivity index (χ3n) is 4.85. The van der Waals surface area contributed by atoms with Crippen LogP contribution in [0.5, 0.6) is 0 Å². The molecule has 0 atom stereocenters. The number of nitrogens with one attached hydrogen (secondary N) is 2. The molecule has 0 amide bonds. The molecular weight excluding hydrogens is 393 g/mol. The van der Waals surface area contributed by atoms with Gasteiger partial charge in [0.2, 0.25) is 0 Å². The summed E-state index contributed by atoms with van der Waals surface area (Å²) in [7, 11) is -3.41. The lowest BCUT2D eigenvalue weighted by molar-refractivity contribution is 0.601. The van der Waals surface area contributed by atoms with Gasteiger partial charge in [0.05, 0.1) is 15.8 Å². The van der Waals surface area contributed by atoms with Crippen molar-refractivity contribution in [2.45, 2.75) is 18.7 Å². The first kappa shape index (κ1) is 19.1. The van der Waals surface area contributed by atoms with E-state index in [2.05, 4.69) is 15.3 Å². The summed E-state index contributed by atoms with van der Waals surface area (Å²) < 4.78 is 38.0. The molecule has 0 aliphatic heterocycles. The SMILES string of the molecule is Cc1cc(C)c(S(C)(=O)=O)cc1Nc1nc2ccc(F)cc2c2c(=O)[nH]ccc12. The van der Waals surface area contributed by atoms with E-state index >= 15 is 0 Å². The van der Waals surface area contributed by atoms with E-state index in [1.165, 1.54) is 24.4 Å². The van der Waals surface area contributed by atoms with Crippen molar-refractivity contribution in [3.8, 4) is 0 Å². The average Bonchev–Trinajstić information content (AvgIpc) is 2.63. The molecule has 0 unspecified atom stereocenters. The van der Waals surface area contributed by atoms with Crippen molar-refractivity contribution in [2.24, 2.45) is 0 Å². The highest BCUT2D eigenvalue weighted by atomic mass is 32.2. The molecular formula is C21H18FN3O3S. The van der Waals surface area contributed by atoms with Crippen molar-refractivity contribution in [1.82, 2.24) is 9.97 Å². The molecule has 4 rings (SSSR count). The highest BCUT2D eigenvalue weighted by Crippen LogP contribution is 2.32. The first-order valence-electron chi connectivity index (χ1n) is 8.84. The van der Waals surface area contributed by atoms with Crippen molar-refractivity contribution in [1.29, 1.82) is 0 Å². The molecule has 0 saturated heterocycles. The van der Waals surface area contributed by atoms with Crippen molar-refractivity contribution in [3.05, 3.63) is 69.9 Å². The lowest BCUT2D eigenvalue weighted by atomic mass is 10.1. The zero-order chi connectivity index (χ0) is 20.9. The maximum Gasteiger partial charge on any atom is 0.256 e. The van der Waals surface area contributed by atoms with Gasteiger partial charge < -0.3 is 10.3 Å². The number of pyridine rings is 2. The summed E-state index contributed by atoms with van der Waals surface area (Å²) >= 11 is 0. The topological polar surface area (TPSA) is 91.9 Å². The second kappa shape index (κ2) is 6.66. The molecule has 0 saturated carbocycles. The highest BCUT2D eigenvalue weighted by Gasteiger charge is 2.16. The average molecular weight is 411 g/mol. The summed E-state index contributed by atoms with van der Waals surface area (Å²) in [6.07, 6.45) is 2.65. The molecule has 0 spiro atoms. The Morgan fingerprint density at radius 3 is 2.52 bits per heavy atom. The van der Waals surface area contributed by atoms with E-state index in [0.29, 0.717) is 38.7 Å². The zero-order valence-corrected chi connectivity index (χ0v) is 16.8. The second-order valence-electron chi connectivity index (χ2n) is 7.05. The number of nitrogens with zero attached hydrogens (tertiary/aromatic N) is 1. The van der Waals surface area contributed by atoms with Gasteiger partial charge in [-0.25, -0.2) is 17.8 Å². The number of hydrogen-bond donors (Lipinski definition) is 2. The van der Waals surface area contributed by atoms with Crippen LogP contribution in [-0.4, -0.2) is 24.6 Å². The lowest BCUT2D eigenvalue weighted by Gasteiger charge is -2.15. The van der Waals surface area contributed by atoms with E-state index in [0.717, 1.165) is 11.8 Å². The predicted molar refractivity (Wildman–Crippen MR) is 112 cm³/mol. The molecule has 2 aromatic heterocycles. The van der Waals surface area contributed by atoms with Gasteiger partial charge in [-0.05, 0) is 55.3 Å². The molecule has 0 aliphatic rings. The Kier molecular flexibility index (Phi) is 4.38. The Morgan fingerprint density at radius 1 is 1.03 bits per heavy atom. The van der Waals surface area contributed by atoms with Crippen LogP contribution in [0.15, 0.2) is 52.3 Å². The van der Waals surface area contributed by atoms with Crippen LogP contribution >= 0.6 is 0 Å². The molecule has 0 bridgehead atoms. The molecule has 6 nitrogen and oxygen atoms in total. The third kappa shape index (κ3) is 3.36. The molecule has 148 valence electrons. The van der Waals surface area contributed by atoms with Gasteiger partial charge in [-0.1, -0.05) is 6.07 Å². The van der Waals surface area contributed by atoms with E-state index in [1.807, 2.05) is 6.92 Å². The number of fused-ring (bicyclic) bond motifs is 3. The number of sulfone groups is 1. The Morgan fingerprint density at radius 2 is 1.79 bits per heavy atom. The Balaban J connectivity index is 1.99. The number of H-pyrrole nitrogens is 1. The molecule has 0 radical (unpaired) electrons. The van der Waals surface area contributed by atoms with E-state index in [1.54, 1.807) is 25.1 Å². The van der Waals surface area contributed by atoms with Crippen LogP contribution in [0.25, 0.3) is 21.7 Å². The van der Waals surface area contributed by atoms with Gasteiger partial charge in [0.25, 0.3) is 5.56 Å². The quantitative estimate of drug-likeness (QED) is 0.498. The van der Waals surface area contributed by atoms with Crippen molar-refractivity contribution in [3.63, 3.8) is 0 Å². The summed E-state index contributed by atoms with van der Waals surface area (Å²) in [5, 5.41) is 4.39. The number of aryl methyl sites for hydroxylation is 2. The minimum Gasteiger partial charge on any atom is -0.339 e. The van der Waals surface area contributed by atoms with Crippen LogP contribution in [0.4, 0.5) is 15.9 Å². The molecule has 4 aromatic rings. The fourth-order valence-electron chi connectivity index (χ4n) is 3.52. The minimum atomic E-state index is -3.41. The smallest absolute Gasteiger partial charge is 0.256 e. The number of aromatic nitrogens is 2. The van der Waals surface area contributed by atoms with Crippen LogP contribution in [0.2, 0.25) is 0 Å². The zero-order valence-electron chi connectivity index (χ0n) is 16.0. The number of anilines is 2. The summed E-state index contributed by atoms with van der Waals surface area (Å²) in [5.74, 6) is -0.0756. The van der Waals surface area contributed by atoms with Crippen LogP contribution in [0, 0.1) is 19.7 Å². The molecule has 2 N–H and O–H groups in total.